The van der Waals surface area contributed by atoms with E-state index in [1.807, 2.05) is 6.92 Å². The summed E-state index contributed by atoms with van der Waals surface area (Å²) < 4.78 is 23.5. The second kappa shape index (κ2) is 5.40. The normalized spacial score (nSPS) is 18.3. The van der Waals surface area contributed by atoms with Crippen molar-refractivity contribution in [2.24, 2.45) is 5.41 Å². The Morgan fingerprint density at radius 3 is 2.50 bits per heavy atom. The molecule has 16 heavy (non-hydrogen) atoms. The van der Waals surface area contributed by atoms with E-state index >= 15 is 0 Å². The molecule has 4 nitrogen and oxygen atoms in total. The molecule has 1 saturated carbocycles. The van der Waals surface area contributed by atoms with Gasteiger partial charge in [-0.15, -0.1) is 0 Å². The molecule has 6 heteroatoms. The number of carbonyl (C=O) groups is 1. The van der Waals surface area contributed by atoms with E-state index in [0.717, 1.165) is 18.6 Å². The molecule has 1 rings (SSSR count). The summed E-state index contributed by atoms with van der Waals surface area (Å²) in [5.74, 6) is 0.858. The highest BCUT2D eigenvalue weighted by atomic mass is 32.2. The maximum Gasteiger partial charge on any atom is 0.303 e. The molecular weight excluding hydrogens is 248 g/mol. The molecule has 0 aromatic carbocycles. The minimum atomic E-state index is -3.08. The third kappa shape index (κ3) is 4.74. The highest BCUT2D eigenvalue weighted by Crippen LogP contribution is 2.49. The van der Waals surface area contributed by atoms with Crippen LogP contribution in [0.5, 0.6) is 0 Å². The van der Waals surface area contributed by atoms with Crippen LogP contribution in [0.2, 0.25) is 0 Å². The van der Waals surface area contributed by atoms with Gasteiger partial charge in [0.05, 0.1) is 17.9 Å². The lowest BCUT2D eigenvalue weighted by molar-refractivity contribution is -0.138. The monoisotopic (exact) mass is 266 g/mol. The van der Waals surface area contributed by atoms with E-state index in [0.29, 0.717) is 5.75 Å². The van der Waals surface area contributed by atoms with Crippen molar-refractivity contribution in [1.29, 1.82) is 0 Å². The van der Waals surface area contributed by atoms with E-state index in [2.05, 4.69) is 0 Å². The van der Waals surface area contributed by atoms with Crippen molar-refractivity contribution in [3.8, 4) is 0 Å². The Morgan fingerprint density at radius 1 is 1.44 bits per heavy atom. The summed E-state index contributed by atoms with van der Waals surface area (Å²) in [5, 5.41) is 8.70. The zero-order valence-electron chi connectivity index (χ0n) is 9.44. The largest absolute Gasteiger partial charge is 0.481 e. The van der Waals surface area contributed by atoms with Crippen molar-refractivity contribution >= 4 is 27.6 Å². The zero-order valence-corrected chi connectivity index (χ0v) is 11.1. The summed E-state index contributed by atoms with van der Waals surface area (Å²) in [7, 11) is -3.08. The van der Waals surface area contributed by atoms with Gasteiger partial charge in [-0.25, -0.2) is 8.42 Å². The smallest absolute Gasteiger partial charge is 0.303 e. The number of thioether (sulfide) groups is 1. The second-order valence-electron chi connectivity index (χ2n) is 4.36. The molecule has 0 radical (unpaired) electrons. The number of hydrogen-bond acceptors (Lipinski definition) is 4. The highest BCUT2D eigenvalue weighted by Gasteiger charge is 2.47. The molecular formula is C10H18O4S2. The van der Waals surface area contributed by atoms with Crippen LogP contribution < -0.4 is 0 Å². The van der Waals surface area contributed by atoms with Crippen molar-refractivity contribution in [3.63, 3.8) is 0 Å². The molecule has 1 aliphatic rings. The van der Waals surface area contributed by atoms with Gasteiger partial charge in [-0.1, -0.05) is 6.92 Å². The lowest BCUT2D eigenvalue weighted by Gasteiger charge is -2.12. The topological polar surface area (TPSA) is 71.4 Å². The summed E-state index contributed by atoms with van der Waals surface area (Å²) in [6.45, 7) is 1.99. The molecule has 0 aromatic rings. The predicted molar refractivity (Wildman–Crippen MR) is 65.6 cm³/mol. The Labute approximate surface area is 101 Å². The molecule has 0 atom stereocenters. The number of sulfone groups is 1. The van der Waals surface area contributed by atoms with Crippen LogP contribution in [0.25, 0.3) is 0 Å². The molecule has 1 aliphatic carbocycles. The van der Waals surface area contributed by atoms with Crippen molar-refractivity contribution in [1.82, 2.24) is 0 Å². The van der Waals surface area contributed by atoms with Crippen LogP contribution in [0.4, 0.5) is 0 Å². The van der Waals surface area contributed by atoms with Crippen LogP contribution in [-0.4, -0.2) is 42.5 Å². The van der Waals surface area contributed by atoms with Gasteiger partial charge in [0.15, 0.2) is 9.84 Å². The molecule has 0 bridgehead atoms. The molecule has 0 aliphatic heterocycles. The summed E-state index contributed by atoms with van der Waals surface area (Å²) in [6.07, 6.45) is 1.46. The molecule has 0 aromatic heterocycles. The second-order valence-corrected chi connectivity index (χ2v) is 7.94. The van der Waals surface area contributed by atoms with Crippen molar-refractivity contribution < 1.29 is 18.3 Å². The Hall–Kier alpha value is -0.230. The van der Waals surface area contributed by atoms with Gasteiger partial charge < -0.3 is 5.11 Å². The molecule has 0 saturated heterocycles. The van der Waals surface area contributed by atoms with Gasteiger partial charge in [0.1, 0.15) is 0 Å². The maximum atomic E-state index is 11.7. The summed E-state index contributed by atoms with van der Waals surface area (Å²) in [5.41, 5.74) is -0.443. The molecule has 1 N–H and O–H groups in total. The molecule has 0 spiro atoms. The van der Waals surface area contributed by atoms with Gasteiger partial charge in [-0.05, 0) is 24.0 Å². The first-order valence-corrected chi connectivity index (χ1v) is 8.37. The van der Waals surface area contributed by atoms with Gasteiger partial charge >= 0.3 is 5.97 Å². The van der Waals surface area contributed by atoms with Crippen LogP contribution in [0, 0.1) is 5.41 Å². The van der Waals surface area contributed by atoms with Crippen LogP contribution in [0.3, 0.4) is 0 Å². The average molecular weight is 266 g/mol. The van der Waals surface area contributed by atoms with Crippen molar-refractivity contribution in [3.05, 3.63) is 0 Å². The van der Waals surface area contributed by atoms with Gasteiger partial charge in [-0.2, -0.15) is 11.8 Å². The van der Waals surface area contributed by atoms with E-state index < -0.39 is 21.2 Å². The maximum absolute atomic E-state index is 11.7. The van der Waals surface area contributed by atoms with Crippen LogP contribution in [-0.2, 0) is 14.6 Å². The van der Waals surface area contributed by atoms with Crippen LogP contribution in [0.15, 0.2) is 0 Å². The molecule has 1 fully saturated rings. The minimum Gasteiger partial charge on any atom is -0.481 e. The fraction of sp³-hybridized carbons (Fsp3) is 0.900. The fourth-order valence-electron chi connectivity index (χ4n) is 1.74. The van der Waals surface area contributed by atoms with Crippen molar-refractivity contribution in [2.45, 2.75) is 26.2 Å². The van der Waals surface area contributed by atoms with E-state index in [-0.39, 0.29) is 17.9 Å². The van der Waals surface area contributed by atoms with E-state index in [1.165, 1.54) is 0 Å². The lowest BCUT2D eigenvalue weighted by Crippen LogP contribution is -2.23. The van der Waals surface area contributed by atoms with Crippen LogP contribution >= 0.6 is 11.8 Å². The molecule has 94 valence electrons. The van der Waals surface area contributed by atoms with Gasteiger partial charge in [0, 0.05) is 5.75 Å². The Balaban J connectivity index is 2.43. The number of carboxylic acids is 1. The zero-order chi connectivity index (χ0) is 12.2. The average Bonchev–Trinajstić information content (AvgIpc) is 2.82. The molecule has 0 heterocycles. The number of aliphatic carboxylic acids is 1. The Morgan fingerprint density at radius 2 is 2.06 bits per heavy atom. The first-order chi connectivity index (χ1) is 7.39. The standard InChI is InChI=1S/C10H18O4S2/c1-2-15-5-6-16(13,14)8-10(3-4-10)7-9(11)12/h2-8H2,1H3,(H,11,12). The quantitative estimate of drug-likeness (QED) is 0.673. The third-order valence-corrected chi connectivity index (χ3v) is 5.79. The number of carboxylic acid groups (broad SMARTS) is 1. The SMILES string of the molecule is CCSCCS(=O)(=O)CC1(CC(=O)O)CC1. The van der Waals surface area contributed by atoms with Crippen molar-refractivity contribution in [2.75, 3.05) is 23.0 Å². The first kappa shape index (κ1) is 13.8. The van der Waals surface area contributed by atoms with Gasteiger partial charge in [0.2, 0.25) is 0 Å². The minimum absolute atomic E-state index is 0.00680. The highest BCUT2D eigenvalue weighted by molar-refractivity contribution is 8.00. The van der Waals surface area contributed by atoms with E-state index in [1.54, 1.807) is 11.8 Å². The first-order valence-electron chi connectivity index (χ1n) is 5.39. The van der Waals surface area contributed by atoms with Crippen LogP contribution in [0.1, 0.15) is 26.2 Å². The van der Waals surface area contributed by atoms with Gasteiger partial charge in [0.25, 0.3) is 0 Å². The number of rotatable bonds is 8. The molecule has 0 amide bonds. The summed E-state index contributed by atoms with van der Waals surface area (Å²) in [6, 6.07) is 0. The van der Waals surface area contributed by atoms with E-state index in [9.17, 15) is 13.2 Å². The van der Waals surface area contributed by atoms with E-state index in [4.69, 9.17) is 5.11 Å². The summed E-state index contributed by atoms with van der Waals surface area (Å²) in [4.78, 5) is 10.6. The predicted octanol–water partition coefficient (Wildman–Crippen LogP) is 1.41. The third-order valence-electron chi connectivity index (χ3n) is 2.75. The summed E-state index contributed by atoms with van der Waals surface area (Å²) >= 11 is 1.60. The molecule has 0 unspecified atom stereocenters. The Kier molecular flexibility index (Phi) is 4.67. The fourth-order valence-corrected chi connectivity index (χ4v) is 4.98. The lowest BCUT2D eigenvalue weighted by atomic mass is 10.1. The van der Waals surface area contributed by atoms with Gasteiger partial charge in [-0.3, -0.25) is 4.79 Å². The Bertz CT molecular complexity index is 344. The number of hydrogen-bond donors (Lipinski definition) is 1.